The molecule has 2 N–H and O–H groups in total. The number of nitrogens with zero attached hydrogens (tertiary/aromatic N) is 1. The summed E-state index contributed by atoms with van der Waals surface area (Å²) in [6.45, 7) is 0. The van der Waals surface area contributed by atoms with E-state index in [1.165, 1.54) is 0 Å². The van der Waals surface area contributed by atoms with Crippen molar-refractivity contribution < 1.29 is 5.11 Å². The molecule has 4 heteroatoms. The molecule has 1 aromatic rings. The molecule has 1 aromatic carbocycles. The van der Waals surface area contributed by atoms with Crippen molar-refractivity contribution in [2.24, 2.45) is 5.10 Å². The van der Waals surface area contributed by atoms with Crippen LogP contribution in [-0.4, -0.2) is 18.4 Å². The Hall–Kier alpha value is -1.03. The molecule has 0 heterocycles. The second-order valence-corrected chi connectivity index (χ2v) is 3.10. The molecular weight excluding hydrogens is 220 g/mol. The van der Waals surface area contributed by atoms with Crippen LogP contribution >= 0.6 is 15.9 Å². The van der Waals surface area contributed by atoms with Crippen molar-refractivity contribution in [3.63, 3.8) is 0 Å². The summed E-state index contributed by atoms with van der Waals surface area (Å²) in [6, 6.07) is 5.17. The Balaban J connectivity index is 2.97. The highest BCUT2D eigenvalue weighted by molar-refractivity contribution is 9.10. The highest BCUT2D eigenvalue weighted by Gasteiger charge is 1.97. The van der Waals surface area contributed by atoms with Crippen LogP contribution in [0.15, 0.2) is 27.8 Å². The van der Waals surface area contributed by atoms with Gasteiger partial charge in [-0.2, -0.15) is 5.10 Å². The molecule has 12 heavy (non-hydrogen) atoms. The summed E-state index contributed by atoms with van der Waals surface area (Å²) >= 11 is 3.30. The lowest BCUT2D eigenvalue weighted by molar-refractivity contribution is 0.474. The summed E-state index contributed by atoms with van der Waals surface area (Å²) in [6.07, 6.45) is 1.56. The molecule has 0 saturated heterocycles. The van der Waals surface area contributed by atoms with Crippen LogP contribution in [0.2, 0.25) is 0 Å². The SMILES string of the molecule is CN/N=C/c1cc(Br)ccc1O. The Morgan fingerprint density at radius 3 is 3.00 bits per heavy atom. The van der Waals surface area contributed by atoms with Crippen molar-refractivity contribution in [1.29, 1.82) is 0 Å². The lowest BCUT2D eigenvalue weighted by Crippen LogP contribution is -1.94. The zero-order valence-corrected chi connectivity index (χ0v) is 8.17. The van der Waals surface area contributed by atoms with Gasteiger partial charge in [0.25, 0.3) is 0 Å². The molecule has 0 atom stereocenters. The van der Waals surface area contributed by atoms with Crippen LogP contribution in [0.25, 0.3) is 0 Å². The van der Waals surface area contributed by atoms with Gasteiger partial charge in [0.05, 0.1) is 6.21 Å². The lowest BCUT2D eigenvalue weighted by atomic mass is 10.2. The minimum atomic E-state index is 0.220. The minimum Gasteiger partial charge on any atom is -0.507 e. The smallest absolute Gasteiger partial charge is 0.124 e. The van der Waals surface area contributed by atoms with E-state index in [-0.39, 0.29) is 5.75 Å². The van der Waals surface area contributed by atoms with E-state index in [0.29, 0.717) is 5.56 Å². The Kier molecular flexibility index (Phi) is 3.10. The summed E-state index contributed by atoms with van der Waals surface area (Å²) in [5.74, 6) is 0.220. The Morgan fingerprint density at radius 2 is 2.33 bits per heavy atom. The van der Waals surface area contributed by atoms with Gasteiger partial charge in [-0.25, -0.2) is 0 Å². The van der Waals surface area contributed by atoms with Crippen molar-refractivity contribution in [3.8, 4) is 5.75 Å². The van der Waals surface area contributed by atoms with Gasteiger partial charge >= 0.3 is 0 Å². The predicted molar refractivity (Wildman–Crippen MR) is 52.5 cm³/mol. The van der Waals surface area contributed by atoms with E-state index in [4.69, 9.17) is 0 Å². The third kappa shape index (κ3) is 2.23. The first-order valence-corrected chi connectivity index (χ1v) is 4.21. The number of benzene rings is 1. The maximum Gasteiger partial charge on any atom is 0.124 e. The molecule has 0 aliphatic heterocycles. The first kappa shape index (κ1) is 9.06. The first-order chi connectivity index (χ1) is 5.74. The Bertz CT molecular complexity index is 299. The third-order valence-electron chi connectivity index (χ3n) is 1.32. The quantitative estimate of drug-likeness (QED) is 0.598. The number of rotatable bonds is 2. The van der Waals surface area contributed by atoms with Gasteiger partial charge in [0.1, 0.15) is 5.75 Å². The van der Waals surface area contributed by atoms with Crippen LogP contribution in [0.3, 0.4) is 0 Å². The third-order valence-corrected chi connectivity index (χ3v) is 1.82. The van der Waals surface area contributed by atoms with Crippen LogP contribution in [0.4, 0.5) is 0 Å². The van der Waals surface area contributed by atoms with E-state index in [1.54, 1.807) is 31.5 Å². The summed E-state index contributed by atoms with van der Waals surface area (Å²) in [4.78, 5) is 0. The van der Waals surface area contributed by atoms with Gasteiger partial charge in [0, 0.05) is 17.1 Å². The molecule has 0 aliphatic rings. The summed E-state index contributed by atoms with van der Waals surface area (Å²) in [7, 11) is 1.70. The van der Waals surface area contributed by atoms with Gasteiger partial charge in [0.2, 0.25) is 0 Å². The van der Waals surface area contributed by atoms with E-state index in [2.05, 4.69) is 26.5 Å². The number of nitrogens with one attached hydrogen (secondary N) is 1. The number of hydrogen-bond acceptors (Lipinski definition) is 3. The molecule has 0 aromatic heterocycles. The molecule has 0 amide bonds. The Morgan fingerprint density at radius 1 is 1.58 bits per heavy atom. The fourth-order valence-corrected chi connectivity index (χ4v) is 1.14. The zero-order chi connectivity index (χ0) is 8.97. The average molecular weight is 229 g/mol. The van der Waals surface area contributed by atoms with Gasteiger partial charge in [-0.3, -0.25) is 0 Å². The van der Waals surface area contributed by atoms with Crippen molar-refractivity contribution >= 4 is 22.1 Å². The van der Waals surface area contributed by atoms with Crippen LogP contribution in [0.1, 0.15) is 5.56 Å². The van der Waals surface area contributed by atoms with Crippen LogP contribution in [-0.2, 0) is 0 Å². The number of hydrogen-bond donors (Lipinski definition) is 2. The van der Waals surface area contributed by atoms with E-state index in [1.807, 2.05) is 0 Å². The summed E-state index contributed by atoms with van der Waals surface area (Å²) < 4.78 is 0.915. The van der Waals surface area contributed by atoms with Crippen LogP contribution < -0.4 is 5.43 Å². The molecule has 0 bridgehead atoms. The second-order valence-electron chi connectivity index (χ2n) is 2.18. The lowest BCUT2D eigenvalue weighted by Gasteiger charge is -1.98. The van der Waals surface area contributed by atoms with Crippen molar-refractivity contribution in [2.45, 2.75) is 0 Å². The van der Waals surface area contributed by atoms with E-state index in [9.17, 15) is 5.11 Å². The fourth-order valence-electron chi connectivity index (χ4n) is 0.763. The maximum absolute atomic E-state index is 9.32. The molecule has 1 rings (SSSR count). The molecule has 64 valence electrons. The fraction of sp³-hybridized carbons (Fsp3) is 0.125. The van der Waals surface area contributed by atoms with Crippen LogP contribution in [0.5, 0.6) is 5.75 Å². The van der Waals surface area contributed by atoms with E-state index < -0.39 is 0 Å². The topological polar surface area (TPSA) is 44.6 Å². The molecule has 3 nitrogen and oxygen atoms in total. The standard InChI is InChI=1S/C8H9BrN2O/c1-10-11-5-6-4-7(9)2-3-8(6)12/h2-5,10,12H,1H3/b11-5+. The monoisotopic (exact) mass is 228 g/mol. The number of hydrazone groups is 1. The largest absolute Gasteiger partial charge is 0.507 e. The molecule has 0 spiro atoms. The number of aromatic hydroxyl groups is 1. The number of halogens is 1. The van der Waals surface area contributed by atoms with E-state index >= 15 is 0 Å². The van der Waals surface area contributed by atoms with Gasteiger partial charge in [-0.05, 0) is 18.2 Å². The predicted octanol–water partition coefficient (Wildman–Crippen LogP) is 1.71. The van der Waals surface area contributed by atoms with Gasteiger partial charge in [0.15, 0.2) is 0 Å². The highest BCUT2D eigenvalue weighted by atomic mass is 79.9. The summed E-state index contributed by atoms with van der Waals surface area (Å²) in [5.41, 5.74) is 3.29. The second kappa shape index (κ2) is 4.11. The molecule has 0 saturated carbocycles. The van der Waals surface area contributed by atoms with Gasteiger partial charge in [-0.1, -0.05) is 15.9 Å². The molecule has 0 radical (unpaired) electrons. The first-order valence-electron chi connectivity index (χ1n) is 3.42. The highest BCUT2D eigenvalue weighted by Crippen LogP contribution is 2.19. The molecule has 0 aliphatic carbocycles. The Labute approximate surface area is 79.2 Å². The van der Waals surface area contributed by atoms with Gasteiger partial charge < -0.3 is 10.5 Å². The molecule has 0 unspecified atom stereocenters. The summed E-state index contributed by atoms with van der Waals surface area (Å²) in [5, 5.41) is 13.1. The normalized spacial score (nSPS) is 10.5. The zero-order valence-electron chi connectivity index (χ0n) is 6.58. The van der Waals surface area contributed by atoms with Crippen molar-refractivity contribution in [3.05, 3.63) is 28.2 Å². The van der Waals surface area contributed by atoms with E-state index in [0.717, 1.165) is 4.47 Å². The maximum atomic E-state index is 9.32. The molecule has 0 fully saturated rings. The average Bonchev–Trinajstić information content (AvgIpc) is 2.07. The number of phenolic OH excluding ortho intramolecular Hbond substituents is 1. The van der Waals surface area contributed by atoms with Crippen LogP contribution in [0, 0.1) is 0 Å². The molecular formula is C8H9BrN2O. The van der Waals surface area contributed by atoms with Gasteiger partial charge in [-0.15, -0.1) is 0 Å². The number of phenols is 1. The van der Waals surface area contributed by atoms with Crippen molar-refractivity contribution in [1.82, 2.24) is 5.43 Å². The van der Waals surface area contributed by atoms with Crippen molar-refractivity contribution in [2.75, 3.05) is 7.05 Å². The minimum absolute atomic E-state index is 0.220.